The van der Waals surface area contributed by atoms with Gasteiger partial charge in [-0.3, -0.25) is 10.1 Å². The maximum atomic E-state index is 12.1. The van der Waals surface area contributed by atoms with Gasteiger partial charge in [-0.2, -0.15) is 0 Å². The lowest BCUT2D eigenvalue weighted by Gasteiger charge is -2.11. The van der Waals surface area contributed by atoms with E-state index in [0.29, 0.717) is 5.16 Å². The van der Waals surface area contributed by atoms with Gasteiger partial charge < -0.3 is 9.88 Å². The fourth-order valence-corrected chi connectivity index (χ4v) is 4.24. The number of aryl methyl sites for hydroxylation is 1. The zero-order chi connectivity index (χ0) is 19.5. The minimum absolute atomic E-state index is 0.0532. The van der Waals surface area contributed by atoms with Gasteiger partial charge in [0.05, 0.1) is 11.3 Å². The Kier molecular flexibility index (Phi) is 5.43. The van der Waals surface area contributed by atoms with Gasteiger partial charge in [0.25, 0.3) is 0 Å². The number of nitrogens with one attached hydrogen (secondary N) is 2. The van der Waals surface area contributed by atoms with Gasteiger partial charge in [0.1, 0.15) is 5.52 Å². The first-order valence-corrected chi connectivity index (χ1v) is 10.5. The monoisotopic (exact) mass is 398 g/mol. The molecule has 0 atom stereocenters. The summed E-state index contributed by atoms with van der Waals surface area (Å²) in [6, 6.07) is 7.73. The molecule has 0 radical (unpaired) electrons. The summed E-state index contributed by atoms with van der Waals surface area (Å²) in [5.41, 5.74) is 2.56. The number of nitrogens with zero attached hydrogens (tertiary/aromatic N) is 4. The quantitative estimate of drug-likeness (QED) is 0.641. The molecule has 2 aromatic heterocycles. The van der Waals surface area contributed by atoms with E-state index in [1.807, 2.05) is 24.3 Å². The first kappa shape index (κ1) is 18.7. The number of urea groups is 1. The van der Waals surface area contributed by atoms with Crippen LogP contribution in [0, 0.1) is 0 Å². The number of carbonyl (C=O) groups excluding carboxylic acids is 2. The summed E-state index contributed by atoms with van der Waals surface area (Å²) in [7, 11) is 0. The first-order valence-electron chi connectivity index (χ1n) is 9.50. The van der Waals surface area contributed by atoms with Gasteiger partial charge in [0.15, 0.2) is 5.65 Å². The molecule has 0 aliphatic heterocycles. The summed E-state index contributed by atoms with van der Waals surface area (Å²) in [4.78, 5) is 28.5. The Balaban J connectivity index is 1.42. The van der Waals surface area contributed by atoms with Crippen molar-refractivity contribution in [2.24, 2.45) is 0 Å². The number of benzene rings is 1. The van der Waals surface area contributed by atoms with E-state index in [0.717, 1.165) is 54.3 Å². The van der Waals surface area contributed by atoms with Crippen LogP contribution in [0.3, 0.4) is 0 Å². The van der Waals surface area contributed by atoms with Gasteiger partial charge in [-0.1, -0.05) is 42.8 Å². The van der Waals surface area contributed by atoms with Gasteiger partial charge in [-0.25, -0.2) is 9.78 Å². The Labute approximate surface area is 166 Å². The Morgan fingerprint density at radius 3 is 2.79 bits per heavy atom. The fourth-order valence-electron chi connectivity index (χ4n) is 3.65. The number of para-hydroxylation sites is 1. The summed E-state index contributed by atoms with van der Waals surface area (Å²) in [5, 5.41) is 15.1. The average Bonchev–Trinajstić information content (AvgIpc) is 3.31. The van der Waals surface area contributed by atoms with E-state index < -0.39 is 6.03 Å². The van der Waals surface area contributed by atoms with Gasteiger partial charge in [0.2, 0.25) is 11.1 Å². The smallest absolute Gasteiger partial charge is 0.321 e. The van der Waals surface area contributed by atoms with Crippen LogP contribution in [0.5, 0.6) is 0 Å². The highest BCUT2D eigenvalue weighted by Crippen LogP contribution is 2.26. The van der Waals surface area contributed by atoms with Crippen LogP contribution < -0.4 is 10.6 Å². The number of carbonyl (C=O) groups is 2. The number of amides is 3. The summed E-state index contributed by atoms with van der Waals surface area (Å²) >= 11 is 1.17. The number of hydrogen-bond acceptors (Lipinski definition) is 6. The molecule has 28 heavy (non-hydrogen) atoms. The zero-order valence-corrected chi connectivity index (χ0v) is 16.5. The second-order valence-corrected chi connectivity index (χ2v) is 7.76. The third-order valence-corrected chi connectivity index (χ3v) is 5.78. The number of rotatable bonds is 5. The van der Waals surface area contributed by atoms with Crippen LogP contribution in [0.1, 0.15) is 32.6 Å². The molecule has 1 fully saturated rings. The number of imide groups is 1. The molecule has 2 N–H and O–H groups in total. The normalized spacial score (nSPS) is 14.6. The molecular weight excluding hydrogens is 376 g/mol. The van der Waals surface area contributed by atoms with Gasteiger partial charge >= 0.3 is 6.03 Å². The molecule has 4 rings (SSSR count). The van der Waals surface area contributed by atoms with Crippen molar-refractivity contribution in [3.05, 3.63) is 24.3 Å². The molecule has 9 heteroatoms. The molecule has 0 bridgehead atoms. The fraction of sp³-hybridized carbons (Fsp3) is 0.421. The third kappa shape index (κ3) is 3.80. The molecule has 1 aliphatic carbocycles. The average molecular weight is 398 g/mol. The van der Waals surface area contributed by atoms with E-state index in [1.165, 1.54) is 11.8 Å². The molecule has 1 saturated carbocycles. The van der Waals surface area contributed by atoms with Crippen molar-refractivity contribution >= 4 is 45.8 Å². The number of fused-ring (bicyclic) bond motifs is 3. The SMILES string of the molecule is CCn1c2ccccc2c2nnc(SCC(=O)NC(=O)NC3CCCC3)nc21. The highest BCUT2D eigenvalue weighted by Gasteiger charge is 2.19. The van der Waals surface area contributed by atoms with Crippen molar-refractivity contribution < 1.29 is 9.59 Å². The van der Waals surface area contributed by atoms with Crippen molar-refractivity contribution in [2.45, 2.75) is 50.4 Å². The van der Waals surface area contributed by atoms with E-state index in [4.69, 9.17) is 0 Å². The molecule has 0 unspecified atom stereocenters. The molecule has 146 valence electrons. The third-order valence-electron chi connectivity index (χ3n) is 4.95. The number of thioether (sulfide) groups is 1. The molecular formula is C19H22N6O2S. The maximum absolute atomic E-state index is 12.1. The predicted molar refractivity (Wildman–Crippen MR) is 108 cm³/mol. The van der Waals surface area contributed by atoms with E-state index in [9.17, 15) is 9.59 Å². The van der Waals surface area contributed by atoms with Crippen LogP contribution in [-0.4, -0.2) is 43.5 Å². The topological polar surface area (TPSA) is 102 Å². The largest absolute Gasteiger partial charge is 0.335 e. The van der Waals surface area contributed by atoms with Crippen molar-refractivity contribution in [3.8, 4) is 0 Å². The second kappa shape index (κ2) is 8.14. The van der Waals surface area contributed by atoms with E-state index >= 15 is 0 Å². The van der Waals surface area contributed by atoms with Crippen LogP contribution in [-0.2, 0) is 11.3 Å². The lowest BCUT2D eigenvalue weighted by Crippen LogP contribution is -2.44. The Morgan fingerprint density at radius 2 is 2.00 bits per heavy atom. The van der Waals surface area contributed by atoms with Crippen molar-refractivity contribution in [3.63, 3.8) is 0 Å². The Morgan fingerprint density at radius 1 is 1.21 bits per heavy atom. The van der Waals surface area contributed by atoms with Crippen LogP contribution in [0.15, 0.2) is 29.4 Å². The maximum Gasteiger partial charge on any atom is 0.321 e. The summed E-state index contributed by atoms with van der Waals surface area (Å²) < 4.78 is 2.08. The van der Waals surface area contributed by atoms with Crippen LogP contribution in [0.25, 0.3) is 22.1 Å². The van der Waals surface area contributed by atoms with Crippen molar-refractivity contribution in [1.82, 2.24) is 30.4 Å². The molecule has 3 aromatic rings. The zero-order valence-electron chi connectivity index (χ0n) is 15.6. The predicted octanol–water partition coefficient (Wildman–Crippen LogP) is 2.86. The van der Waals surface area contributed by atoms with Crippen LogP contribution in [0.2, 0.25) is 0 Å². The van der Waals surface area contributed by atoms with Crippen molar-refractivity contribution in [1.29, 1.82) is 0 Å². The number of hydrogen-bond donors (Lipinski definition) is 2. The summed E-state index contributed by atoms with van der Waals surface area (Å²) in [6.07, 6.45) is 4.19. The molecule has 0 saturated heterocycles. The molecule has 8 nitrogen and oxygen atoms in total. The second-order valence-electron chi connectivity index (χ2n) is 6.82. The van der Waals surface area contributed by atoms with E-state index in [2.05, 4.69) is 37.3 Å². The van der Waals surface area contributed by atoms with E-state index in [-0.39, 0.29) is 17.7 Å². The van der Waals surface area contributed by atoms with Crippen LogP contribution >= 0.6 is 11.8 Å². The first-order chi connectivity index (χ1) is 13.7. The highest BCUT2D eigenvalue weighted by atomic mass is 32.2. The van der Waals surface area contributed by atoms with Crippen LogP contribution in [0.4, 0.5) is 4.79 Å². The molecule has 1 aliphatic rings. The highest BCUT2D eigenvalue weighted by molar-refractivity contribution is 7.99. The molecule has 1 aromatic carbocycles. The summed E-state index contributed by atoms with van der Waals surface area (Å²) in [5.74, 6) is -0.322. The lowest BCUT2D eigenvalue weighted by molar-refractivity contribution is -0.117. The Bertz CT molecular complexity index is 1030. The lowest BCUT2D eigenvalue weighted by atomic mass is 10.2. The number of aromatic nitrogens is 4. The van der Waals surface area contributed by atoms with Crippen molar-refractivity contribution in [2.75, 3.05) is 5.75 Å². The molecule has 0 spiro atoms. The minimum Gasteiger partial charge on any atom is -0.335 e. The Hall–Kier alpha value is -2.68. The molecule has 3 amide bonds. The standard InChI is InChI=1S/C19H22N6O2S/c1-2-25-14-10-6-5-9-13(14)16-17(25)22-19(24-23-16)28-11-15(26)21-18(27)20-12-7-3-4-8-12/h5-6,9-10,12H,2-4,7-8,11H2,1H3,(H2,20,21,26,27). The molecule has 2 heterocycles. The van der Waals surface area contributed by atoms with Gasteiger partial charge in [-0.15, -0.1) is 10.2 Å². The van der Waals surface area contributed by atoms with Gasteiger partial charge in [0, 0.05) is 18.0 Å². The summed E-state index contributed by atoms with van der Waals surface area (Å²) in [6.45, 7) is 2.81. The minimum atomic E-state index is -0.432. The van der Waals surface area contributed by atoms with E-state index in [1.54, 1.807) is 0 Å². The van der Waals surface area contributed by atoms with Gasteiger partial charge in [-0.05, 0) is 25.8 Å².